The minimum atomic E-state index is -1.23. The number of aliphatic carboxylic acids is 2. The van der Waals surface area contributed by atoms with Crippen molar-refractivity contribution in [1.29, 1.82) is 0 Å². The van der Waals surface area contributed by atoms with Crippen molar-refractivity contribution in [2.75, 3.05) is 18.4 Å². The van der Waals surface area contributed by atoms with Crippen molar-refractivity contribution in [2.45, 2.75) is 13.3 Å². The van der Waals surface area contributed by atoms with Crippen molar-refractivity contribution in [1.82, 2.24) is 0 Å². The van der Waals surface area contributed by atoms with Gasteiger partial charge in [-0.05, 0) is 6.42 Å². The zero-order valence-corrected chi connectivity index (χ0v) is 15.2. The van der Waals surface area contributed by atoms with Crippen molar-refractivity contribution in [3.63, 3.8) is 0 Å². The zero-order valence-electron chi connectivity index (χ0n) is 9.66. The third-order valence-corrected chi connectivity index (χ3v) is 0.878. The van der Waals surface area contributed by atoms with E-state index in [0.29, 0.717) is 6.61 Å². The molecule has 0 rings (SSSR count). The van der Waals surface area contributed by atoms with Crippen LogP contribution < -0.4 is 69.3 Å². The summed E-state index contributed by atoms with van der Waals surface area (Å²) >= 11 is 9.35. The Labute approximate surface area is 149 Å². The number of carbonyl (C=O) groups excluding carboxylic acids is 2. The van der Waals surface area contributed by atoms with Crippen LogP contribution in [0.15, 0.2) is 0 Å². The standard InChI is InChI=1S/C3H8O.2C2H3ClO2.2Na/c1-2-3-4;2*3-1-2(4)5;;/h4H,2-3H2,1H3;2*1H2,(H,4,5);;/q;;;2*+1/p-2. The summed E-state index contributed by atoms with van der Waals surface area (Å²) in [5, 5.41) is 26.1. The van der Waals surface area contributed by atoms with Gasteiger partial charge in [-0.15, -0.1) is 23.2 Å². The molecule has 0 bridgehead atoms. The Balaban J connectivity index is -0.0000000358. The third-order valence-electron chi connectivity index (χ3n) is 0.442. The van der Waals surface area contributed by atoms with Crippen LogP contribution in [0.1, 0.15) is 13.3 Å². The Morgan fingerprint density at radius 3 is 1.19 bits per heavy atom. The van der Waals surface area contributed by atoms with Crippen LogP contribution in [0.5, 0.6) is 0 Å². The molecular formula is C7H12Cl2Na2O5. The summed E-state index contributed by atoms with van der Waals surface area (Å²) in [5.74, 6) is -3.29. The van der Waals surface area contributed by atoms with E-state index in [9.17, 15) is 0 Å². The second kappa shape index (κ2) is 30.0. The zero-order chi connectivity index (χ0) is 12.0. The van der Waals surface area contributed by atoms with Gasteiger partial charge in [0.1, 0.15) is 0 Å². The van der Waals surface area contributed by atoms with Gasteiger partial charge in [0, 0.05) is 6.61 Å². The monoisotopic (exact) mass is 292 g/mol. The Kier molecular flexibility index (Phi) is 57.1. The first kappa shape index (κ1) is 30.5. The molecule has 0 aromatic heterocycles. The maximum atomic E-state index is 9.12. The molecule has 86 valence electrons. The Morgan fingerprint density at radius 1 is 1.06 bits per heavy atom. The fraction of sp³-hybridized carbons (Fsp3) is 0.714. The van der Waals surface area contributed by atoms with Gasteiger partial charge in [0.25, 0.3) is 0 Å². The summed E-state index contributed by atoms with van der Waals surface area (Å²) in [5.41, 5.74) is 0. The van der Waals surface area contributed by atoms with Crippen LogP contribution in [-0.4, -0.2) is 35.4 Å². The van der Waals surface area contributed by atoms with E-state index < -0.39 is 23.7 Å². The number of aliphatic hydroxyl groups excluding tert-OH is 1. The minimum absolute atomic E-state index is 0. The summed E-state index contributed by atoms with van der Waals surface area (Å²) in [6.07, 6.45) is 0.875. The van der Waals surface area contributed by atoms with Gasteiger partial charge >= 0.3 is 59.1 Å². The second-order valence-corrected chi connectivity index (χ2v) is 2.27. The summed E-state index contributed by atoms with van der Waals surface area (Å²) in [6.45, 7) is 2.25. The van der Waals surface area contributed by atoms with Crippen molar-refractivity contribution in [2.24, 2.45) is 0 Å². The molecule has 5 nitrogen and oxygen atoms in total. The Morgan fingerprint density at radius 2 is 1.19 bits per heavy atom. The number of hydrogen-bond acceptors (Lipinski definition) is 5. The molecular weight excluding hydrogens is 281 g/mol. The number of carboxylic acid groups (broad SMARTS) is 2. The number of rotatable bonds is 3. The molecule has 0 spiro atoms. The van der Waals surface area contributed by atoms with Gasteiger partial charge in [-0.3, -0.25) is 0 Å². The SMILES string of the molecule is CCCO.O=C([O-])CCl.O=C([O-])CCl.[Na+].[Na+]. The summed E-state index contributed by atoms with van der Waals surface area (Å²) in [7, 11) is 0. The van der Waals surface area contributed by atoms with Crippen molar-refractivity contribution in [3.8, 4) is 0 Å². The molecule has 0 radical (unpaired) electrons. The fourth-order valence-electron chi connectivity index (χ4n) is 0. The van der Waals surface area contributed by atoms with Crippen LogP contribution in [0.3, 0.4) is 0 Å². The molecule has 0 aliphatic heterocycles. The van der Waals surface area contributed by atoms with Crippen LogP contribution in [0.4, 0.5) is 0 Å². The Bertz CT molecular complexity index is 133. The van der Waals surface area contributed by atoms with Crippen LogP contribution in [0.2, 0.25) is 0 Å². The molecule has 9 heteroatoms. The van der Waals surface area contributed by atoms with Gasteiger partial charge < -0.3 is 24.9 Å². The number of halogens is 2. The summed E-state index contributed by atoms with van der Waals surface area (Å²) in [4.78, 5) is 18.2. The number of hydrogen-bond donors (Lipinski definition) is 1. The van der Waals surface area contributed by atoms with E-state index in [2.05, 4.69) is 23.2 Å². The molecule has 0 aromatic carbocycles. The predicted molar refractivity (Wildman–Crippen MR) is 48.8 cm³/mol. The number of aliphatic hydroxyl groups is 1. The fourth-order valence-corrected chi connectivity index (χ4v) is 0. The molecule has 1 N–H and O–H groups in total. The van der Waals surface area contributed by atoms with E-state index in [1.165, 1.54) is 0 Å². The molecule has 0 aromatic rings. The number of carboxylic acids is 2. The molecule has 0 atom stereocenters. The molecule has 0 heterocycles. The molecule has 16 heavy (non-hydrogen) atoms. The molecule has 0 aliphatic rings. The first-order valence-electron chi connectivity index (χ1n) is 3.58. The molecule has 0 saturated heterocycles. The van der Waals surface area contributed by atoms with Crippen molar-refractivity contribution >= 4 is 35.1 Å². The van der Waals surface area contributed by atoms with E-state index in [-0.39, 0.29) is 59.1 Å². The van der Waals surface area contributed by atoms with Crippen LogP contribution in [0.25, 0.3) is 0 Å². The maximum absolute atomic E-state index is 9.12. The van der Waals surface area contributed by atoms with Gasteiger partial charge in [0.05, 0.1) is 23.7 Å². The number of carbonyl (C=O) groups is 2. The molecule has 0 unspecified atom stereocenters. The quantitative estimate of drug-likeness (QED) is 0.411. The summed E-state index contributed by atoms with van der Waals surface area (Å²) in [6, 6.07) is 0. The first-order valence-corrected chi connectivity index (χ1v) is 4.65. The normalized spacial score (nSPS) is 6.50. The first-order chi connectivity index (χ1) is 6.45. The molecule has 0 aliphatic carbocycles. The maximum Gasteiger partial charge on any atom is 1.00 e. The predicted octanol–water partition coefficient (Wildman–Crippen LogP) is -7.65. The van der Waals surface area contributed by atoms with Gasteiger partial charge in [-0.2, -0.15) is 0 Å². The van der Waals surface area contributed by atoms with E-state index in [4.69, 9.17) is 24.9 Å². The van der Waals surface area contributed by atoms with Crippen LogP contribution in [-0.2, 0) is 9.59 Å². The molecule has 0 amide bonds. The van der Waals surface area contributed by atoms with Crippen LogP contribution in [0, 0.1) is 0 Å². The van der Waals surface area contributed by atoms with Crippen LogP contribution >= 0.6 is 23.2 Å². The van der Waals surface area contributed by atoms with Gasteiger partial charge in [0.15, 0.2) is 0 Å². The molecule has 0 saturated carbocycles. The van der Waals surface area contributed by atoms with Gasteiger partial charge in [0.2, 0.25) is 0 Å². The van der Waals surface area contributed by atoms with E-state index in [1.54, 1.807) is 0 Å². The largest absolute Gasteiger partial charge is 1.00 e. The van der Waals surface area contributed by atoms with Gasteiger partial charge in [-0.1, -0.05) is 6.92 Å². The minimum Gasteiger partial charge on any atom is -0.549 e. The van der Waals surface area contributed by atoms with Crippen molar-refractivity contribution in [3.05, 3.63) is 0 Å². The average Bonchev–Trinajstić information content (AvgIpc) is 2.19. The van der Waals surface area contributed by atoms with Gasteiger partial charge in [-0.25, -0.2) is 0 Å². The average molecular weight is 293 g/mol. The van der Waals surface area contributed by atoms with E-state index in [0.717, 1.165) is 6.42 Å². The second-order valence-electron chi connectivity index (χ2n) is 1.73. The topological polar surface area (TPSA) is 100 Å². The van der Waals surface area contributed by atoms with Crippen molar-refractivity contribution < 1.29 is 84.0 Å². The van der Waals surface area contributed by atoms with E-state index in [1.807, 2.05) is 6.92 Å². The Hall–Kier alpha value is 1.48. The number of alkyl halides is 2. The van der Waals surface area contributed by atoms with E-state index >= 15 is 0 Å². The molecule has 0 fully saturated rings. The smallest absolute Gasteiger partial charge is 0.549 e. The summed E-state index contributed by atoms with van der Waals surface area (Å²) < 4.78 is 0. The third kappa shape index (κ3) is 77.3.